The van der Waals surface area contributed by atoms with E-state index in [1.165, 1.54) is 0 Å². The molecule has 1 N–H and O–H groups in total. The zero-order chi connectivity index (χ0) is 20.5. The fourth-order valence-corrected chi connectivity index (χ4v) is 3.94. The second-order valence-corrected chi connectivity index (χ2v) is 7.94. The Labute approximate surface area is 171 Å². The quantitative estimate of drug-likeness (QED) is 0.546. The summed E-state index contributed by atoms with van der Waals surface area (Å²) in [5.41, 5.74) is 5.32. The van der Waals surface area contributed by atoms with Crippen molar-refractivity contribution in [3.63, 3.8) is 0 Å². The van der Waals surface area contributed by atoms with Gasteiger partial charge >= 0.3 is 5.95 Å². The summed E-state index contributed by atoms with van der Waals surface area (Å²) in [5.74, 6) is 0.791. The van der Waals surface area contributed by atoms with Crippen LogP contribution < -0.4 is 14.4 Å². The number of β-amino-alcohol motifs (C(OH)–C–C–N with tert-alkyl or cyclic N) is 1. The van der Waals surface area contributed by atoms with E-state index >= 15 is 0 Å². The van der Waals surface area contributed by atoms with Gasteiger partial charge in [-0.3, -0.25) is 0 Å². The zero-order valence-electron chi connectivity index (χ0n) is 17.6. The van der Waals surface area contributed by atoms with Gasteiger partial charge in [0.05, 0.1) is 20.2 Å². The van der Waals surface area contributed by atoms with E-state index in [0.717, 1.165) is 53.4 Å². The molecule has 0 bridgehead atoms. The summed E-state index contributed by atoms with van der Waals surface area (Å²) in [6.45, 7) is 1.68. The van der Waals surface area contributed by atoms with Crippen LogP contribution in [0.3, 0.4) is 0 Å². The minimum atomic E-state index is -0.234. The number of nitrogens with zero attached hydrogens (tertiary/aromatic N) is 6. The van der Waals surface area contributed by atoms with E-state index in [9.17, 15) is 5.11 Å². The summed E-state index contributed by atoms with van der Waals surface area (Å²) < 4.78 is 4.12. The van der Waals surface area contributed by atoms with E-state index in [1.54, 1.807) is 0 Å². The van der Waals surface area contributed by atoms with E-state index in [1.807, 2.05) is 40.3 Å². The number of anilines is 2. The Morgan fingerprint density at radius 1 is 1.10 bits per heavy atom. The van der Waals surface area contributed by atoms with Gasteiger partial charge in [0.25, 0.3) is 0 Å². The van der Waals surface area contributed by atoms with Gasteiger partial charge in [-0.15, -0.1) is 0 Å². The number of azo groups is 1. The molecule has 7 heteroatoms. The first kappa shape index (κ1) is 19.4. The second-order valence-electron chi connectivity index (χ2n) is 7.94. The molecule has 1 aliphatic rings. The highest BCUT2D eigenvalue weighted by Gasteiger charge is 2.21. The Bertz CT molecular complexity index is 1040. The van der Waals surface area contributed by atoms with Gasteiger partial charge < -0.3 is 14.9 Å². The van der Waals surface area contributed by atoms with Crippen molar-refractivity contribution in [3.8, 4) is 0 Å². The molecule has 1 fully saturated rings. The first-order valence-corrected chi connectivity index (χ1v) is 10.0. The summed E-state index contributed by atoms with van der Waals surface area (Å²) >= 11 is 0. The molecule has 1 aromatic heterocycles. The van der Waals surface area contributed by atoms with Crippen LogP contribution in [0.4, 0.5) is 23.0 Å². The van der Waals surface area contributed by atoms with Crippen LogP contribution in [-0.4, -0.2) is 43.0 Å². The lowest BCUT2D eigenvalue weighted by Crippen LogP contribution is -2.38. The molecule has 1 unspecified atom stereocenters. The molecule has 0 aliphatic carbocycles. The van der Waals surface area contributed by atoms with Crippen molar-refractivity contribution in [3.05, 3.63) is 42.5 Å². The number of hydrogen-bond donors (Lipinski definition) is 1. The smallest absolute Gasteiger partial charge is 0.391 e. The molecular weight excluding hydrogens is 364 g/mol. The maximum atomic E-state index is 9.88. The molecular formula is C22H29N6O+. The first-order chi connectivity index (χ1) is 13.9. The normalized spacial score (nSPS) is 17.4. The molecule has 1 aliphatic heterocycles. The highest BCUT2D eigenvalue weighted by Crippen LogP contribution is 2.26. The Kier molecular flexibility index (Phi) is 5.24. The predicted octanol–water partition coefficient (Wildman–Crippen LogP) is 3.45. The number of aryl methyl sites for hydroxylation is 2. The number of benzene rings is 2. The van der Waals surface area contributed by atoms with Crippen LogP contribution in [0.1, 0.15) is 12.8 Å². The fourth-order valence-electron chi connectivity index (χ4n) is 3.94. The number of hydrogen-bond acceptors (Lipinski definition) is 5. The van der Waals surface area contributed by atoms with E-state index in [0.29, 0.717) is 6.54 Å². The molecule has 0 radical (unpaired) electrons. The molecule has 152 valence electrons. The number of fused-ring (bicyclic) bond motifs is 1. The molecule has 1 atom stereocenters. The monoisotopic (exact) mass is 393 g/mol. The van der Waals surface area contributed by atoms with Crippen LogP contribution in [-0.2, 0) is 14.1 Å². The Morgan fingerprint density at radius 2 is 1.86 bits per heavy atom. The minimum absolute atomic E-state index is 0.234. The summed E-state index contributed by atoms with van der Waals surface area (Å²) in [6, 6.07) is 14.5. The molecule has 1 saturated heterocycles. The van der Waals surface area contributed by atoms with Gasteiger partial charge in [-0.05, 0) is 49.2 Å². The Hall–Kier alpha value is -2.93. The third kappa shape index (κ3) is 3.82. The standard InChI is InChI=1S/C22H29N6O/c1-25(2)18-11-12-20-21(14-18)27(4)22(26(20)3)24-23-16-7-9-17(10-8-16)28-13-5-6-19(29)15-28/h7-12,14,19,29H,5-6,13,15H2,1-4H3/q+1. The minimum Gasteiger partial charge on any atom is -0.391 e. The van der Waals surface area contributed by atoms with Crippen LogP contribution in [0.2, 0.25) is 0 Å². The number of aromatic nitrogens is 2. The third-order valence-corrected chi connectivity index (χ3v) is 5.66. The maximum absolute atomic E-state index is 9.88. The third-order valence-electron chi connectivity index (χ3n) is 5.66. The van der Waals surface area contributed by atoms with Crippen LogP contribution in [0.15, 0.2) is 52.7 Å². The van der Waals surface area contributed by atoms with Crippen molar-refractivity contribution in [1.29, 1.82) is 0 Å². The van der Waals surface area contributed by atoms with Crippen molar-refractivity contribution in [1.82, 2.24) is 4.57 Å². The molecule has 7 nitrogen and oxygen atoms in total. The zero-order valence-corrected chi connectivity index (χ0v) is 17.6. The maximum Gasteiger partial charge on any atom is 0.422 e. The summed E-state index contributed by atoms with van der Waals surface area (Å²) in [7, 11) is 8.11. The van der Waals surface area contributed by atoms with Crippen LogP contribution in [0, 0.1) is 0 Å². The fraction of sp³-hybridized carbons (Fsp3) is 0.409. The van der Waals surface area contributed by atoms with Gasteiger partial charge in [-0.2, -0.15) is 0 Å². The van der Waals surface area contributed by atoms with Crippen LogP contribution in [0.25, 0.3) is 11.0 Å². The molecule has 0 saturated carbocycles. The molecule has 3 aromatic rings. The summed E-state index contributed by atoms with van der Waals surface area (Å²) in [4.78, 5) is 4.32. The Morgan fingerprint density at radius 3 is 2.55 bits per heavy atom. The number of piperidine rings is 1. The van der Waals surface area contributed by atoms with Crippen molar-refractivity contribution < 1.29 is 9.67 Å². The highest BCUT2D eigenvalue weighted by atomic mass is 16.3. The van der Waals surface area contributed by atoms with E-state index in [2.05, 4.69) is 59.5 Å². The van der Waals surface area contributed by atoms with Gasteiger partial charge in [0.15, 0.2) is 0 Å². The lowest BCUT2D eigenvalue weighted by Gasteiger charge is -2.31. The lowest BCUT2D eigenvalue weighted by molar-refractivity contribution is -0.632. The second kappa shape index (κ2) is 7.83. The van der Waals surface area contributed by atoms with Crippen LogP contribution >= 0.6 is 0 Å². The average Bonchev–Trinajstić information content (AvgIpc) is 2.96. The predicted molar refractivity (Wildman–Crippen MR) is 116 cm³/mol. The van der Waals surface area contributed by atoms with Crippen molar-refractivity contribution in [2.24, 2.45) is 24.3 Å². The van der Waals surface area contributed by atoms with Crippen molar-refractivity contribution in [2.45, 2.75) is 18.9 Å². The van der Waals surface area contributed by atoms with Crippen molar-refractivity contribution >= 4 is 34.0 Å². The molecule has 0 spiro atoms. The number of aliphatic hydroxyl groups excluding tert-OH is 1. The van der Waals surface area contributed by atoms with Gasteiger partial charge in [0.2, 0.25) is 0 Å². The SMILES string of the molecule is CN(C)c1ccc2c(c1)n(C)c(N=Nc1ccc(N3CCCC(O)C3)cc1)[n+]2C. The van der Waals surface area contributed by atoms with Gasteiger partial charge in [0, 0.05) is 49.7 Å². The molecule has 2 aromatic carbocycles. The number of imidazole rings is 1. The number of aliphatic hydroxyl groups is 1. The van der Waals surface area contributed by atoms with E-state index in [-0.39, 0.29) is 6.10 Å². The largest absolute Gasteiger partial charge is 0.422 e. The Balaban J connectivity index is 1.58. The van der Waals surface area contributed by atoms with Gasteiger partial charge in [-0.1, -0.05) is 5.11 Å². The van der Waals surface area contributed by atoms with E-state index in [4.69, 9.17) is 0 Å². The first-order valence-electron chi connectivity index (χ1n) is 10.0. The van der Waals surface area contributed by atoms with Gasteiger partial charge in [0.1, 0.15) is 16.7 Å². The average molecular weight is 394 g/mol. The highest BCUT2D eigenvalue weighted by molar-refractivity contribution is 5.78. The van der Waals surface area contributed by atoms with E-state index < -0.39 is 0 Å². The summed E-state index contributed by atoms with van der Waals surface area (Å²) in [5, 5.41) is 18.9. The molecule has 4 rings (SSSR count). The molecule has 0 amide bonds. The van der Waals surface area contributed by atoms with Gasteiger partial charge in [-0.25, -0.2) is 9.13 Å². The number of rotatable bonds is 4. The molecule has 2 heterocycles. The van der Waals surface area contributed by atoms with Crippen molar-refractivity contribution in [2.75, 3.05) is 37.0 Å². The molecule has 29 heavy (non-hydrogen) atoms. The summed E-state index contributed by atoms with van der Waals surface area (Å²) in [6.07, 6.45) is 1.68. The lowest BCUT2D eigenvalue weighted by atomic mass is 10.1. The topological polar surface area (TPSA) is 60.2 Å². The van der Waals surface area contributed by atoms with Crippen LogP contribution in [0.5, 0.6) is 0 Å².